The van der Waals surface area contributed by atoms with Crippen LogP contribution in [0.1, 0.15) is 43.7 Å². The number of hydrogen-bond acceptors (Lipinski definition) is 7. The molecule has 2 saturated carbocycles. The molecule has 0 radical (unpaired) electrons. The summed E-state index contributed by atoms with van der Waals surface area (Å²) in [6.07, 6.45) is 12.4. The lowest BCUT2D eigenvalue weighted by Crippen LogP contribution is -2.33. The summed E-state index contributed by atoms with van der Waals surface area (Å²) in [5, 5.41) is 9.46. The van der Waals surface area contributed by atoms with Crippen LogP contribution in [-0.4, -0.2) is 72.2 Å². The highest BCUT2D eigenvalue weighted by Crippen LogP contribution is 2.48. The maximum Gasteiger partial charge on any atom is 0.165 e. The van der Waals surface area contributed by atoms with Crippen molar-refractivity contribution in [3.05, 3.63) is 48.5 Å². The highest BCUT2D eigenvalue weighted by molar-refractivity contribution is 6.76. The molecule has 9 nitrogen and oxygen atoms in total. The largest absolute Gasteiger partial charge is 0.361 e. The van der Waals surface area contributed by atoms with E-state index in [0.29, 0.717) is 19.4 Å². The SMILES string of the molecule is Cn1ccc(-c2ccc(-c3cnn4c(N(COCC[Si](C)(C)C)COCC[Si](C)(C)C)cc([C@H]5C[C@@H]6CC[C@@H](C6)C5)nc34)cn2)n1. The van der Waals surface area contributed by atoms with Gasteiger partial charge in [0.05, 0.1) is 11.9 Å². The van der Waals surface area contributed by atoms with E-state index in [1.807, 2.05) is 42.3 Å². The van der Waals surface area contributed by atoms with Gasteiger partial charge in [-0.15, -0.1) is 0 Å². The van der Waals surface area contributed by atoms with Gasteiger partial charge in [0.25, 0.3) is 0 Å². The van der Waals surface area contributed by atoms with Crippen LogP contribution in [-0.2, 0) is 16.5 Å². The summed E-state index contributed by atoms with van der Waals surface area (Å²) in [4.78, 5) is 12.4. The Labute approximate surface area is 276 Å². The Morgan fingerprint density at radius 1 is 0.848 bits per heavy atom. The monoisotopic (exact) mass is 659 g/mol. The molecule has 0 unspecified atom stereocenters. The predicted octanol–water partition coefficient (Wildman–Crippen LogP) is 7.92. The molecule has 4 heterocycles. The summed E-state index contributed by atoms with van der Waals surface area (Å²) in [7, 11) is -0.497. The standard InChI is InChI=1S/C35H53N7O2Si2/c1-40-13-12-32(39-40)31-11-10-28(22-36-31)30-23-37-42-34(21-33(38-35(30)42)29-19-26-8-9-27(18-26)20-29)41(24-43-14-16-45(2,3)4)25-44-15-17-46(5,6)7/h10-13,21-23,26-27,29H,8-9,14-20,24-25H2,1-7H3/t26-,27+,29+. The van der Waals surface area contributed by atoms with Crippen molar-refractivity contribution in [1.29, 1.82) is 0 Å². The average Bonchev–Trinajstić information content (AvgIpc) is 3.72. The fourth-order valence-corrected chi connectivity index (χ4v) is 8.40. The third-order valence-corrected chi connectivity index (χ3v) is 13.0. The summed E-state index contributed by atoms with van der Waals surface area (Å²) in [5.74, 6) is 3.10. The van der Waals surface area contributed by atoms with Gasteiger partial charge in [-0.25, -0.2) is 4.98 Å². The van der Waals surface area contributed by atoms with Gasteiger partial charge in [0, 0.05) is 77.6 Å². The van der Waals surface area contributed by atoms with Crippen molar-refractivity contribution in [2.45, 2.75) is 89.4 Å². The molecule has 6 rings (SSSR count). The second-order valence-corrected chi connectivity index (χ2v) is 27.3. The lowest BCUT2D eigenvalue weighted by Gasteiger charge is -2.30. The van der Waals surface area contributed by atoms with Crippen LogP contribution in [0.3, 0.4) is 0 Å². The number of pyridine rings is 1. The smallest absolute Gasteiger partial charge is 0.165 e. The zero-order valence-corrected chi connectivity index (χ0v) is 31.0. The lowest BCUT2D eigenvalue weighted by atomic mass is 9.79. The molecule has 0 amide bonds. The number of aryl methyl sites for hydroxylation is 1. The van der Waals surface area contributed by atoms with Crippen molar-refractivity contribution in [3.8, 4) is 22.5 Å². The van der Waals surface area contributed by atoms with Crippen molar-refractivity contribution in [1.82, 2.24) is 29.4 Å². The lowest BCUT2D eigenvalue weighted by molar-refractivity contribution is 0.0942. The summed E-state index contributed by atoms with van der Waals surface area (Å²) < 4.78 is 16.5. The van der Waals surface area contributed by atoms with Crippen molar-refractivity contribution < 1.29 is 9.47 Å². The first kappa shape index (κ1) is 33.1. The average molecular weight is 660 g/mol. The second-order valence-electron chi connectivity index (χ2n) is 16.1. The van der Waals surface area contributed by atoms with Gasteiger partial charge < -0.3 is 14.4 Å². The summed E-state index contributed by atoms with van der Waals surface area (Å²) in [6.45, 7) is 16.8. The van der Waals surface area contributed by atoms with Gasteiger partial charge in [0.15, 0.2) is 5.65 Å². The van der Waals surface area contributed by atoms with E-state index in [0.717, 1.165) is 71.1 Å². The number of anilines is 1. The van der Waals surface area contributed by atoms with E-state index in [1.54, 1.807) is 4.68 Å². The molecule has 2 bridgehead atoms. The summed E-state index contributed by atoms with van der Waals surface area (Å²) >= 11 is 0. The highest BCUT2D eigenvalue weighted by Gasteiger charge is 2.36. The van der Waals surface area contributed by atoms with E-state index < -0.39 is 16.1 Å². The zero-order chi connectivity index (χ0) is 32.5. The van der Waals surface area contributed by atoms with Crippen LogP contribution >= 0.6 is 0 Å². The number of rotatable bonds is 14. The Morgan fingerprint density at radius 2 is 1.52 bits per heavy atom. The van der Waals surface area contributed by atoms with Crippen LogP contribution in [0.15, 0.2) is 42.9 Å². The molecule has 3 atom stereocenters. The molecule has 0 aromatic carbocycles. The Bertz CT molecular complexity index is 1570. The van der Waals surface area contributed by atoms with Crippen molar-refractivity contribution in [2.75, 3.05) is 31.6 Å². The number of fused-ring (bicyclic) bond motifs is 3. The summed E-state index contributed by atoms with van der Waals surface area (Å²) in [6, 6.07) is 10.7. The first-order valence-corrected chi connectivity index (χ1v) is 24.6. The molecule has 4 aromatic heterocycles. The molecule has 4 aromatic rings. The number of hydrogen-bond donors (Lipinski definition) is 0. The third kappa shape index (κ3) is 8.16. The van der Waals surface area contributed by atoms with Gasteiger partial charge in [0.2, 0.25) is 0 Å². The van der Waals surface area contributed by atoms with E-state index in [4.69, 9.17) is 24.5 Å². The fourth-order valence-electron chi connectivity index (χ4n) is 6.88. The molecule has 2 aliphatic rings. The van der Waals surface area contributed by atoms with Crippen LogP contribution in [0.5, 0.6) is 0 Å². The highest BCUT2D eigenvalue weighted by atomic mass is 28.3. The Balaban J connectivity index is 1.35. The molecule has 0 saturated heterocycles. The van der Waals surface area contributed by atoms with E-state index in [2.05, 4.69) is 61.4 Å². The van der Waals surface area contributed by atoms with Crippen molar-refractivity contribution >= 4 is 27.6 Å². The predicted molar refractivity (Wildman–Crippen MR) is 192 cm³/mol. The number of aromatic nitrogens is 6. The van der Waals surface area contributed by atoms with Crippen LogP contribution in [0.2, 0.25) is 51.4 Å². The van der Waals surface area contributed by atoms with E-state index in [-0.39, 0.29) is 0 Å². The zero-order valence-electron chi connectivity index (χ0n) is 29.0. The van der Waals surface area contributed by atoms with E-state index >= 15 is 0 Å². The van der Waals surface area contributed by atoms with Gasteiger partial charge >= 0.3 is 0 Å². The van der Waals surface area contributed by atoms with Gasteiger partial charge in [-0.3, -0.25) is 9.67 Å². The second kappa shape index (κ2) is 13.7. The molecule has 0 spiro atoms. The Hall–Kier alpha value is -2.87. The quantitative estimate of drug-likeness (QED) is 0.0773. The molecule has 46 heavy (non-hydrogen) atoms. The van der Waals surface area contributed by atoms with Crippen LogP contribution in [0.4, 0.5) is 5.82 Å². The first-order valence-electron chi connectivity index (χ1n) is 17.2. The van der Waals surface area contributed by atoms with E-state index in [1.165, 1.54) is 37.8 Å². The molecule has 0 aliphatic heterocycles. The Kier molecular flexibility index (Phi) is 9.84. The molecular weight excluding hydrogens is 607 g/mol. The Morgan fingerprint density at radius 3 is 2.09 bits per heavy atom. The van der Waals surface area contributed by atoms with Crippen LogP contribution in [0, 0.1) is 11.8 Å². The van der Waals surface area contributed by atoms with Crippen molar-refractivity contribution in [3.63, 3.8) is 0 Å². The maximum absolute atomic E-state index is 6.36. The van der Waals surface area contributed by atoms with E-state index in [9.17, 15) is 0 Å². The fraction of sp³-hybridized carbons (Fsp3) is 0.600. The molecular formula is C35H53N7O2Si2. The van der Waals surface area contributed by atoms with Gasteiger partial charge in [0.1, 0.15) is 25.0 Å². The van der Waals surface area contributed by atoms with Gasteiger partial charge in [-0.1, -0.05) is 58.2 Å². The minimum atomic E-state index is -1.21. The molecule has 2 fully saturated rings. The van der Waals surface area contributed by atoms with Gasteiger partial charge in [-0.2, -0.15) is 14.7 Å². The molecule has 2 aliphatic carbocycles. The van der Waals surface area contributed by atoms with Crippen molar-refractivity contribution in [2.24, 2.45) is 18.9 Å². The van der Waals surface area contributed by atoms with Crippen LogP contribution in [0.25, 0.3) is 28.2 Å². The molecule has 0 N–H and O–H groups in total. The van der Waals surface area contributed by atoms with Crippen LogP contribution < -0.4 is 4.90 Å². The molecule has 11 heteroatoms. The third-order valence-electron chi connectivity index (χ3n) is 9.64. The number of nitrogens with zero attached hydrogens (tertiary/aromatic N) is 7. The topological polar surface area (TPSA) is 82.6 Å². The van der Waals surface area contributed by atoms with Gasteiger partial charge in [-0.05, 0) is 55.3 Å². The minimum absolute atomic E-state index is 0.460. The molecule has 248 valence electrons. The normalized spacial score (nSPS) is 20.1. The minimum Gasteiger partial charge on any atom is -0.361 e. The number of ether oxygens (including phenoxy) is 2. The first-order chi connectivity index (χ1) is 21.9. The summed E-state index contributed by atoms with van der Waals surface area (Å²) in [5.41, 5.74) is 5.74. The maximum atomic E-state index is 6.36.